The normalized spacial score (nSPS) is 12.5. The molecular formula is C12H19NO. The molecule has 1 aromatic carbocycles. The molecule has 2 N–H and O–H groups in total. The highest BCUT2D eigenvalue weighted by Crippen LogP contribution is 2.23. The predicted molar refractivity (Wildman–Crippen MR) is 60.6 cm³/mol. The Kier molecular flexibility index (Phi) is 3.81. The molecule has 0 bridgehead atoms. The minimum Gasteiger partial charge on any atom is -0.489 e. The Balaban J connectivity index is 2.67. The second-order valence-corrected chi connectivity index (χ2v) is 3.76. The first-order chi connectivity index (χ1) is 6.63. The van der Waals surface area contributed by atoms with E-state index >= 15 is 0 Å². The van der Waals surface area contributed by atoms with Crippen LogP contribution in [-0.2, 0) is 0 Å². The Hall–Kier alpha value is -1.18. The molecule has 78 valence electrons. The molecule has 0 aliphatic heterocycles. The summed E-state index contributed by atoms with van der Waals surface area (Å²) in [7, 11) is 0. The van der Waals surface area contributed by atoms with Crippen molar-refractivity contribution in [3.63, 3.8) is 0 Å². The average Bonchev–Trinajstić information content (AvgIpc) is 2.10. The Morgan fingerprint density at radius 3 is 2.71 bits per heavy atom. The van der Waals surface area contributed by atoms with Crippen LogP contribution in [0.2, 0.25) is 0 Å². The van der Waals surface area contributed by atoms with Crippen LogP contribution in [0.25, 0.3) is 0 Å². The Morgan fingerprint density at radius 1 is 1.43 bits per heavy atom. The summed E-state index contributed by atoms with van der Waals surface area (Å²) in [5.41, 5.74) is 7.74. The maximum atomic E-state index is 5.84. The molecule has 0 amide bonds. The van der Waals surface area contributed by atoms with Gasteiger partial charge in [0.1, 0.15) is 5.75 Å². The van der Waals surface area contributed by atoms with Gasteiger partial charge in [0.05, 0.1) is 11.8 Å². The summed E-state index contributed by atoms with van der Waals surface area (Å²) in [6.07, 6.45) is 2.44. The summed E-state index contributed by atoms with van der Waals surface area (Å²) < 4.78 is 5.72. The highest BCUT2D eigenvalue weighted by atomic mass is 16.5. The largest absolute Gasteiger partial charge is 0.489 e. The highest BCUT2D eigenvalue weighted by Gasteiger charge is 2.05. The van der Waals surface area contributed by atoms with E-state index in [0.29, 0.717) is 0 Å². The van der Waals surface area contributed by atoms with Gasteiger partial charge in [-0.05, 0) is 38.0 Å². The van der Waals surface area contributed by atoms with Crippen molar-refractivity contribution in [3.8, 4) is 5.75 Å². The number of ether oxygens (including phenoxy) is 1. The molecule has 0 aliphatic rings. The van der Waals surface area contributed by atoms with E-state index in [1.54, 1.807) is 0 Å². The SMILES string of the molecule is CCC[C@@H](C)Oc1ccc(C)cc1N. The predicted octanol–water partition coefficient (Wildman–Crippen LogP) is 3.14. The van der Waals surface area contributed by atoms with Crippen LogP contribution in [0.5, 0.6) is 5.75 Å². The summed E-state index contributed by atoms with van der Waals surface area (Å²) in [4.78, 5) is 0. The van der Waals surface area contributed by atoms with E-state index in [-0.39, 0.29) is 6.10 Å². The van der Waals surface area contributed by atoms with Gasteiger partial charge in [-0.2, -0.15) is 0 Å². The van der Waals surface area contributed by atoms with Crippen LogP contribution in [0.15, 0.2) is 18.2 Å². The zero-order valence-electron chi connectivity index (χ0n) is 9.21. The quantitative estimate of drug-likeness (QED) is 0.745. The molecule has 14 heavy (non-hydrogen) atoms. The summed E-state index contributed by atoms with van der Waals surface area (Å²) in [5, 5.41) is 0. The van der Waals surface area contributed by atoms with E-state index in [2.05, 4.69) is 13.8 Å². The second-order valence-electron chi connectivity index (χ2n) is 3.76. The van der Waals surface area contributed by atoms with Crippen LogP contribution in [0, 0.1) is 6.92 Å². The lowest BCUT2D eigenvalue weighted by atomic mass is 10.2. The first-order valence-corrected chi connectivity index (χ1v) is 5.16. The molecule has 0 aliphatic carbocycles. The van der Waals surface area contributed by atoms with Crippen LogP contribution >= 0.6 is 0 Å². The van der Waals surface area contributed by atoms with Gasteiger partial charge >= 0.3 is 0 Å². The van der Waals surface area contributed by atoms with E-state index in [1.807, 2.05) is 25.1 Å². The molecule has 0 spiro atoms. The molecular weight excluding hydrogens is 174 g/mol. The van der Waals surface area contributed by atoms with E-state index in [4.69, 9.17) is 10.5 Å². The number of hydrogen-bond donors (Lipinski definition) is 1. The molecule has 0 unspecified atom stereocenters. The zero-order chi connectivity index (χ0) is 10.6. The zero-order valence-corrected chi connectivity index (χ0v) is 9.21. The Labute approximate surface area is 86.1 Å². The van der Waals surface area contributed by atoms with Gasteiger partial charge in [0, 0.05) is 0 Å². The van der Waals surface area contributed by atoms with Crippen LogP contribution in [0.1, 0.15) is 32.3 Å². The lowest BCUT2D eigenvalue weighted by Gasteiger charge is -2.15. The van der Waals surface area contributed by atoms with Crippen molar-refractivity contribution in [2.24, 2.45) is 0 Å². The van der Waals surface area contributed by atoms with Gasteiger partial charge in [0.25, 0.3) is 0 Å². The molecule has 0 radical (unpaired) electrons. The maximum absolute atomic E-state index is 5.84. The highest BCUT2D eigenvalue weighted by molar-refractivity contribution is 5.54. The van der Waals surface area contributed by atoms with Crippen LogP contribution in [0.3, 0.4) is 0 Å². The van der Waals surface area contributed by atoms with E-state index in [0.717, 1.165) is 29.8 Å². The van der Waals surface area contributed by atoms with E-state index in [1.165, 1.54) is 0 Å². The van der Waals surface area contributed by atoms with Gasteiger partial charge in [-0.25, -0.2) is 0 Å². The summed E-state index contributed by atoms with van der Waals surface area (Å²) in [6.45, 7) is 6.25. The van der Waals surface area contributed by atoms with Crippen molar-refractivity contribution in [1.29, 1.82) is 0 Å². The van der Waals surface area contributed by atoms with Crippen LogP contribution in [0.4, 0.5) is 5.69 Å². The number of anilines is 1. The number of rotatable bonds is 4. The molecule has 0 saturated carbocycles. The van der Waals surface area contributed by atoms with Gasteiger partial charge < -0.3 is 10.5 Å². The topological polar surface area (TPSA) is 35.2 Å². The minimum absolute atomic E-state index is 0.241. The molecule has 0 aromatic heterocycles. The number of hydrogen-bond acceptors (Lipinski definition) is 2. The van der Waals surface area contributed by atoms with Crippen molar-refractivity contribution in [2.45, 2.75) is 39.7 Å². The first kappa shape index (κ1) is 10.9. The van der Waals surface area contributed by atoms with E-state index < -0.39 is 0 Å². The van der Waals surface area contributed by atoms with Gasteiger partial charge in [-0.3, -0.25) is 0 Å². The molecule has 0 heterocycles. The van der Waals surface area contributed by atoms with Crippen molar-refractivity contribution in [1.82, 2.24) is 0 Å². The maximum Gasteiger partial charge on any atom is 0.142 e. The fourth-order valence-corrected chi connectivity index (χ4v) is 1.46. The third-order valence-electron chi connectivity index (χ3n) is 2.19. The van der Waals surface area contributed by atoms with Crippen molar-refractivity contribution < 1.29 is 4.74 Å². The Bertz CT molecular complexity index is 296. The van der Waals surface area contributed by atoms with Crippen molar-refractivity contribution in [2.75, 3.05) is 5.73 Å². The molecule has 1 aromatic rings. The first-order valence-electron chi connectivity index (χ1n) is 5.16. The number of nitrogens with two attached hydrogens (primary N) is 1. The molecule has 0 saturated heterocycles. The standard InChI is InChI=1S/C12H19NO/c1-4-5-10(3)14-12-7-6-9(2)8-11(12)13/h6-8,10H,4-5,13H2,1-3H3/t10-/m1/s1. The molecule has 1 atom stereocenters. The van der Waals surface area contributed by atoms with Gasteiger partial charge in [-0.15, -0.1) is 0 Å². The minimum atomic E-state index is 0.241. The van der Waals surface area contributed by atoms with E-state index in [9.17, 15) is 0 Å². The average molecular weight is 193 g/mol. The monoisotopic (exact) mass is 193 g/mol. The van der Waals surface area contributed by atoms with Gasteiger partial charge in [-0.1, -0.05) is 19.4 Å². The smallest absolute Gasteiger partial charge is 0.142 e. The summed E-state index contributed by atoms with van der Waals surface area (Å²) >= 11 is 0. The Morgan fingerprint density at radius 2 is 2.14 bits per heavy atom. The second kappa shape index (κ2) is 4.89. The lowest BCUT2D eigenvalue weighted by molar-refractivity contribution is 0.211. The van der Waals surface area contributed by atoms with Gasteiger partial charge in [0.2, 0.25) is 0 Å². The number of aryl methyl sites for hydroxylation is 1. The number of benzene rings is 1. The van der Waals surface area contributed by atoms with Crippen LogP contribution < -0.4 is 10.5 Å². The number of nitrogen functional groups attached to an aromatic ring is 1. The fourth-order valence-electron chi connectivity index (χ4n) is 1.46. The lowest BCUT2D eigenvalue weighted by Crippen LogP contribution is -2.12. The third kappa shape index (κ3) is 2.95. The third-order valence-corrected chi connectivity index (χ3v) is 2.19. The molecule has 0 fully saturated rings. The molecule has 2 nitrogen and oxygen atoms in total. The van der Waals surface area contributed by atoms with Crippen molar-refractivity contribution >= 4 is 5.69 Å². The van der Waals surface area contributed by atoms with Crippen molar-refractivity contribution in [3.05, 3.63) is 23.8 Å². The fraction of sp³-hybridized carbons (Fsp3) is 0.500. The molecule has 2 heteroatoms. The summed E-state index contributed by atoms with van der Waals surface area (Å²) in [6, 6.07) is 5.90. The van der Waals surface area contributed by atoms with Crippen LogP contribution in [-0.4, -0.2) is 6.10 Å². The van der Waals surface area contributed by atoms with Gasteiger partial charge in [0.15, 0.2) is 0 Å². The summed E-state index contributed by atoms with van der Waals surface area (Å²) in [5.74, 6) is 0.802. The molecule has 1 rings (SSSR count).